The predicted molar refractivity (Wildman–Crippen MR) is 128 cm³/mol. The second-order valence-electron chi connectivity index (χ2n) is 9.03. The fourth-order valence-electron chi connectivity index (χ4n) is 5.67. The summed E-state index contributed by atoms with van der Waals surface area (Å²) < 4.78 is 5.46. The zero-order valence-electron chi connectivity index (χ0n) is 18.4. The molecular weight excluding hydrogens is 396 g/mol. The fraction of sp³-hybridized carbons (Fsp3) is 0.321. The van der Waals surface area contributed by atoms with Gasteiger partial charge in [0.25, 0.3) is 0 Å². The molecule has 1 saturated heterocycles. The molecule has 0 spiro atoms. The summed E-state index contributed by atoms with van der Waals surface area (Å²) in [6.07, 6.45) is 11.9. The Morgan fingerprint density at radius 2 is 2.03 bits per heavy atom. The molecule has 1 unspecified atom stereocenters. The van der Waals surface area contributed by atoms with Gasteiger partial charge in [-0.05, 0) is 73.0 Å². The smallest absolute Gasteiger partial charge is 0.232 e. The molecule has 1 aliphatic heterocycles. The minimum atomic E-state index is -0.740. The fourth-order valence-corrected chi connectivity index (χ4v) is 5.67. The summed E-state index contributed by atoms with van der Waals surface area (Å²) in [5.41, 5.74) is 9.93. The molecule has 5 rings (SSSR count). The third-order valence-corrected chi connectivity index (χ3v) is 7.26. The number of rotatable bonds is 7. The number of primary amides is 1. The molecule has 2 aromatic carbocycles. The lowest BCUT2D eigenvalue weighted by atomic mass is 9.62. The van der Waals surface area contributed by atoms with Gasteiger partial charge in [-0.25, -0.2) is 0 Å². The lowest BCUT2D eigenvalue weighted by Gasteiger charge is -2.40. The second kappa shape index (κ2) is 8.79. The molecule has 1 aliphatic carbocycles. The van der Waals surface area contributed by atoms with Crippen molar-refractivity contribution < 1.29 is 9.21 Å². The van der Waals surface area contributed by atoms with Crippen LogP contribution in [0.2, 0.25) is 0 Å². The Labute approximate surface area is 189 Å². The van der Waals surface area contributed by atoms with E-state index in [-0.39, 0.29) is 11.8 Å². The van der Waals surface area contributed by atoms with Gasteiger partial charge in [0.15, 0.2) is 0 Å². The van der Waals surface area contributed by atoms with Gasteiger partial charge in [0.1, 0.15) is 5.58 Å². The molecule has 164 valence electrons. The van der Waals surface area contributed by atoms with Crippen molar-refractivity contribution in [2.45, 2.75) is 31.1 Å². The lowest BCUT2D eigenvalue weighted by Crippen LogP contribution is -2.50. The highest BCUT2D eigenvalue weighted by molar-refractivity contribution is 5.91. The van der Waals surface area contributed by atoms with Crippen LogP contribution in [0.25, 0.3) is 11.0 Å². The normalized spacial score (nSPS) is 20.9. The molecule has 2 aliphatic rings. The van der Waals surface area contributed by atoms with E-state index < -0.39 is 5.41 Å². The van der Waals surface area contributed by atoms with Crippen LogP contribution >= 0.6 is 0 Å². The average molecular weight is 427 g/mol. The maximum absolute atomic E-state index is 13.2. The van der Waals surface area contributed by atoms with E-state index in [0.717, 1.165) is 67.4 Å². The number of hydrogen-bond donors (Lipinski definition) is 1. The standard InChI is InChI=1S/C28H30N2O2/c29-27(31)28(23-7-3-1-4-8-23,24-9-5-2-6-10-24)25-14-17-30(20-25)16-13-21-11-12-26-22(19-21)15-18-32-26/h1-5,7-9,11-12,15,18-19,25H,6,10,13-14,16-17,20H2,(H2,29,31)/t25-,28?/m1/s1. The summed E-state index contributed by atoms with van der Waals surface area (Å²) in [7, 11) is 0. The molecule has 0 bridgehead atoms. The Bertz CT molecular complexity index is 1160. The lowest BCUT2D eigenvalue weighted by molar-refractivity contribution is -0.124. The van der Waals surface area contributed by atoms with Crippen molar-refractivity contribution in [3.05, 3.63) is 95.8 Å². The summed E-state index contributed by atoms with van der Waals surface area (Å²) in [6, 6.07) is 18.6. The number of nitrogens with two attached hydrogens (primary N) is 1. The number of allylic oxidation sites excluding steroid dienone is 3. The third kappa shape index (κ3) is 3.69. The van der Waals surface area contributed by atoms with Crippen molar-refractivity contribution in [3.8, 4) is 0 Å². The number of carbonyl (C=O) groups excluding carboxylic acids is 1. The van der Waals surface area contributed by atoms with Crippen LogP contribution < -0.4 is 5.73 Å². The molecule has 0 radical (unpaired) electrons. The van der Waals surface area contributed by atoms with Crippen molar-refractivity contribution in [2.24, 2.45) is 11.7 Å². The minimum Gasteiger partial charge on any atom is -0.464 e. The number of carbonyl (C=O) groups is 1. The summed E-state index contributed by atoms with van der Waals surface area (Å²) in [5, 5.41) is 1.15. The second-order valence-corrected chi connectivity index (χ2v) is 9.03. The zero-order chi connectivity index (χ0) is 22.0. The van der Waals surface area contributed by atoms with Crippen molar-refractivity contribution in [3.63, 3.8) is 0 Å². The van der Waals surface area contributed by atoms with Gasteiger partial charge < -0.3 is 15.1 Å². The Hall–Kier alpha value is -3.11. The number of amides is 1. The Morgan fingerprint density at radius 1 is 1.16 bits per heavy atom. The summed E-state index contributed by atoms with van der Waals surface area (Å²) in [4.78, 5) is 15.7. The van der Waals surface area contributed by atoms with E-state index in [2.05, 4.69) is 47.4 Å². The van der Waals surface area contributed by atoms with Crippen LogP contribution in [0.4, 0.5) is 0 Å². The quantitative estimate of drug-likeness (QED) is 0.579. The highest BCUT2D eigenvalue weighted by Gasteiger charge is 2.50. The molecule has 2 atom stereocenters. The monoisotopic (exact) mass is 426 g/mol. The van der Waals surface area contributed by atoms with Gasteiger partial charge in [0, 0.05) is 18.5 Å². The van der Waals surface area contributed by atoms with E-state index in [9.17, 15) is 4.79 Å². The molecule has 1 amide bonds. The van der Waals surface area contributed by atoms with Crippen molar-refractivity contribution in [1.82, 2.24) is 4.90 Å². The van der Waals surface area contributed by atoms with E-state index in [1.54, 1.807) is 6.26 Å². The number of furan rings is 1. The van der Waals surface area contributed by atoms with Gasteiger partial charge in [-0.2, -0.15) is 0 Å². The van der Waals surface area contributed by atoms with Gasteiger partial charge in [0.2, 0.25) is 5.91 Å². The van der Waals surface area contributed by atoms with Crippen LogP contribution in [0.15, 0.2) is 89.1 Å². The van der Waals surface area contributed by atoms with E-state index >= 15 is 0 Å². The van der Waals surface area contributed by atoms with Crippen LogP contribution in [-0.4, -0.2) is 30.4 Å². The maximum atomic E-state index is 13.2. The van der Waals surface area contributed by atoms with Gasteiger partial charge in [0.05, 0.1) is 11.7 Å². The van der Waals surface area contributed by atoms with Gasteiger partial charge >= 0.3 is 0 Å². The highest BCUT2D eigenvalue weighted by Crippen LogP contribution is 2.46. The van der Waals surface area contributed by atoms with Crippen molar-refractivity contribution >= 4 is 16.9 Å². The molecule has 1 aromatic heterocycles. The SMILES string of the molecule is NC(=O)C(C1=CC=CCC1)(c1ccccc1)[C@@H]1CCN(CCc2ccc3occc3c2)C1. The van der Waals surface area contributed by atoms with Crippen LogP contribution in [0.3, 0.4) is 0 Å². The topological polar surface area (TPSA) is 59.5 Å². The third-order valence-electron chi connectivity index (χ3n) is 7.26. The molecule has 3 aromatic rings. The first-order valence-electron chi connectivity index (χ1n) is 11.6. The van der Waals surface area contributed by atoms with E-state index in [1.165, 1.54) is 5.56 Å². The van der Waals surface area contributed by atoms with Crippen molar-refractivity contribution in [2.75, 3.05) is 19.6 Å². The predicted octanol–water partition coefficient (Wildman–Crippen LogP) is 5.00. The molecule has 4 nitrogen and oxygen atoms in total. The van der Waals surface area contributed by atoms with Crippen LogP contribution in [0, 0.1) is 5.92 Å². The van der Waals surface area contributed by atoms with E-state index in [0.29, 0.717) is 0 Å². The van der Waals surface area contributed by atoms with Gasteiger partial charge in [-0.3, -0.25) is 4.79 Å². The average Bonchev–Trinajstić information content (AvgIpc) is 3.49. The molecular formula is C28H30N2O2. The molecule has 1 fully saturated rings. The first kappa shape index (κ1) is 20.8. The Balaban J connectivity index is 1.38. The number of fused-ring (bicyclic) bond motifs is 1. The number of nitrogens with zero attached hydrogens (tertiary/aromatic N) is 1. The highest BCUT2D eigenvalue weighted by atomic mass is 16.3. The first-order chi connectivity index (χ1) is 15.7. The Kier molecular flexibility index (Phi) is 5.71. The number of likely N-dealkylation sites (tertiary alicyclic amines) is 1. The van der Waals surface area contributed by atoms with Crippen LogP contribution in [0.5, 0.6) is 0 Å². The zero-order valence-corrected chi connectivity index (χ0v) is 18.4. The number of benzene rings is 2. The Morgan fingerprint density at radius 3 is 2.81 bits per heavy atom. The first-order valence-corrected chi connectivity index (χ1v) is 11.6. The molecule has 4 heteroatoms. The van der Waals surface area contributed by atoms with Crippen LogP contribution in [0.1, 0.15) is 30.4 Å². The summed E-state index contributed by atoms with van der Waals surface area (Å²) in [6.45, 7) is 2.85. The molecule has 2 heterocycles. The largest absolute Gasteiger partial charge is 0.464 e. The van der Waals surface area contributed by atoms with E-state index in [4.69, 9.17) is 10.2 Å². The molecule has 2 N–H and O–H groups in total. The van der Waals surface area contributed by atoms with Gasteiger partial charge in [-0.15, -0.1) is 0 Å². The summed E-state index contributed by atoms with van der Waals surface area (Å²) in [5.74, 6) is -0.0426. The molecule has 32 heavy (non-hydrogen) atoms. The maximum Gasteiger partial charge on any atom is 0.232 e. The molecule has 0 saturated carbocycles. The minimum absolute atomic E-state index is 0.177. The van der Waals surface area contributed by atoms with E-state index in [1.807, 2.05) is 30.3 Å². The summed E-state index contributed by atoms with van der Waals surface area (Å²) >= 11 is 0. The van der Waals surface area contributed by atoms with Crippen molar-refractivity contribution in [1.29, 1.82) is 0 Å². The number of hydrogen-bond acceptors (Lipinski definition) is 3. The van der Waals surface area contributed by atoms with Crippen LogP contribution in [-0.2, 0) is 16.6 Å². The van der Waals surface area contributed by atoms with Gasteiger partial charge in [-0.1, -0.05) is 54.6 Å².